The molecule has 1 aliphatic rings. The topological polar surface area (TPSA) is 23.6 Å². The Kier molecular flexibility index (Phi) is 7.05. The molecule has 3 heteroatoms. The van der Waals surface area contributed by atoms with Crippen LogP contribution in [0.1, 0.15) is 42.9 Å². The average molecular weight is 365 g/mol. The third-order valence-corrected chi connectivity index (χ3v) is 5.62. The standard InChI is InChI=1S/C24H32N2O/c1-3-24(27)26(19-22-11-7-8-20(2)18-22)23-13-16-25(17-14-23)15-12-21-9-5-4-6-10-21/h4-11,18,23H,3,12-17,19H2,1-2H3. The third kappa shape index (κ3) is 5.67. The van der Waals surface area contributed by atoms with Gasteiger partial charge in [-0.15, -0.1) is 0 Å². The quantitative estimate of drug-likeness (QED) is 0.725. The molecule has 0 N–H and O–H groups in total. The molecule has 1 amide bonds. The van der Waals surface area contributed by atoms with Crippen LogP contribution in [-0.4, -0.2) is 41.4 Å². The Morgan fingerprint density at radius 2 is 1.74 bits per heavy atom. The second-order valence-electron chi connectivity index (χ2n) is 7.67. The van der Waals surface area contributed by atoms with E-state index in [0.29, 0.717) is 12.5 Å². The number of benzene rings is 2. The minimum atomic E-state index is 0.277. The van der Waals surface area contributed by atoms with Crippen molar-refractivity contribution in [3.63, 3.8) is 0 Å². The molecule has 1 heterocycles. The van der Waals surface area contributed by atoms with E-state index < -0.39 is 0 Å². The summed E-state index contributed by atoms with van der Waals surface area (Å²) < 4.78 is 0. The van der Waals surface area contributed by atoms with Gasteiger partial charge in [-0.1, -0.05) is 67.1 Å². The first-order valence-corrected chi connectivity index (χ1v) is 10.3. The second-order valence-corrected chi connectivity index (χ2v) is 7.67. The van der Waals surface area contributed by atoms with Crippen molar-refractivity contribution in [1.29, 1.82) is 0 Å². The van der Waals surface area contributed by atoms with Crippen LogP contribution in [0, 0.1) is 6.92 Å². The second kappa shape index (κ2) is 9.70. The molecule has 0 aliphatic carbocycles. The van der Waals surface area contributed by atoms with E-state index in [1.807, 2.05) is 6.92 Å². The van der Waals surface area contributed by atoms with E-state index in [1.165, 1.54) is 16.7 Å². The van der Waals surface area contributed by atoms with E-state index in [0.717, 1.165) is 45.4 Å². The van der Waals surface area contributed by atoms with Gasteiger partial charge in [-0.25, -0.2) is 0 Å². The van der Waals surface area contributed by atoms with Crippen molar-refractivity contribution < 1.29 is 4.79 Å². The highest BCUT2D eigenvalue weighted by molar-refractivity contribution is 5.76. The number of nitrogens with zero attached hydrogens (tertiary/aromatic N) is 2. The highest BCUT2D eigenvalue weighted by Gasteiger charge is 2.27. The molecule has 0 spiro atoms. The first kappa shape index (κ1) is 19.6. The normalized spacial score (nSPS) is 15.6. The summed E-state index contributed by atoms with van der Waals surface area (Å²) >= 11 is 0. The molecule has 1 saturated heterocycles. The number of likely N-dealkylation sites (tertiary alicyclic amines) is 1. The molecule has 0 saturated carbocycles. The van der Waals surface area contributed by atoms with Crippen molar-refractivity contribution in [2.24, 2.45) is 0 Å². The number of amides is 1. The number of piperidine rings is 1. The molecule has 0 radical (unpaired) electrons. The average Bonchev–Trinajstić information content (AvgIpc) is 2.71. The monoisotopic (exact) mass is 364 g/mol. The molecule has 2 aromatic rings. The Hall–Kier alpha value is -2.13. The van der Waals surface area contributed by atoms with Gasteiger partial charge < -0.3 is 9.80 Å². The van der Waals surface area contributed by atoms with Crippen molar-refractivity contribution in [2.45, 2.75) is 52.1 Å². The SMILES string of the molecule is CCC(=O)N(Cc1cccc(C)c1)C1CCN(CCc2ccccc2)CC1. The Morgan fingerprint density at radius 1 is 1.04 bits per heavy atom. The summed E-state index contributed by atoms with van der Waals surface area (Å²) in [7, 11) is 0. The van der Waals surface area contributed by atoms with Gasteiger partial charge in [0, 0.05) is 38.6 Å². The van der Waals surface area contributed by atoms with Crippen LogP contribution in [0.5, 0.6) is 0 Å². The van der Waals surface area contributed by atoms with Gasteiger partial charge in [-0.3, -0.25) is 4.79 Å². The molecule has 0 unspecified atom stereocenters. The zero-order valence-electron chi connectivity index (χ0n) is 16.7. The fraction of sp³-hybridized carbons (Fsp3) is 0.458. The maximum absolute atomic E-state index is 12.6. The summed E-state index contributed by atoms with van der Waals surface area (Å²) in [5.74, 6) is 0.277. The lowest BCUT2D eigenvalue weighted by Gasteiger charge is -2.38. The lowest BCUT2D eigenvalue weighted by atomic mass is 10.0. The zero-order chi connectivity index (χ0) is 19.1. The van der Waals surface area contributed by atoms with Gasteiger partial charge in [0.25, 0.3) is 0 Å². The van der Waals surface area contributed by atoms with Crippen LogP contribution in [0.4, 0.5) is 0 Å². The molecule has 2 aromatic carbocycles. The number of carbonyl (C=O) groups is 1. The summed E-state index contributed by atoms with van der Waals surface area (Å²) in [6, 6.07) is 19.6. The molecular formula is C24H32N2O. The Morgan fingerprint density at radius 3 is 2.41 bits per heavy atom. The van der Waals surface area contributed by atoms with E-state index in [9.17, 15) is 4.79 Å². The Balaban J connectivity index is 1.55. The number of aryl methyl sites for hydroxylation is 1. The zero-order valence-corrected chi connectivity index (χ0v) is 16.7. The first-order chi connectivity index (χ1) is 13.2. The smallest absolute Gasteiger partial charge is 0.222 e. The van der Waals surface area contributed by atoms with E-state index in [1.54, 1.807) is 0 Å². The molecule has 144 valence electrons. The highest BCUT2D eigenvalue weighted by atomic mass is 16.2. The predicted octanol–water partition coefficient (Wildman–Crippen LogP) is 4.44. The lowest BCUT2D eigenvalue weighted by molar-refractivity contribution is -0.135. The molecule has 1 aliphatic heterocycles. The Bertz CT molecular complexity index is 720. The molecule has 1 fully saturated rings. The summed E-state index contributed by atoms with van der Waals surface area (Å²) in [5.41, 5.74) is 3.90. The van der Waals surface area contributed by atoms with Gasteiger partial charge in [0.1, 0.15) is 0 Å². The minimum absolute atomic E-state index is 0.277. The molecule has 3 nitrogen and oxygen atoms in total. The van der Waals surface area contributed by atoms with Gasteiger partial charge >= 0.3 is 0 Å². The highest BCUT2D eigenvalue weighted by Crippen LogP contribution is 2.21. The third-order valence-electron chi connectivity index (χ3n) is 5.62. The van der Waals surface area contributed by atoms with Crippen molar-refractivity contribution in [2.75, 3.05) is 19.6 Å². The van der Waals surface area contributed by atoms with Crippen LogP contribution in [0.2, 0.25) is 0 Å². The van der Waals surface area contributed by atoms with E-state index in [2.05, 4.69) is 71.3 Å². The van der Waals surface area contributed by atoms with Crippen molar-refractivity contribution in [3.8, 4) is 0 Å². The fourth-order valence-corrected chi connectivity index (χ4v) is 4.02. The predicted molar refractivity (Wildman–Crippen MR) is 112 cm³/mol. The molecule has 0 atom stereocenters. The van der Waals surface area contributed by atoms with Crippen molar-refractivity contribution in [3.05, 3.63) is 71.3 Å². The number of hydrogen-bond donors (Lipinski definition) is 0. The summed E-state index contributed by atoms with van der Waals surface area (Å²) in [6.07, 6.45) is 3.84. The van der Waals surface area contributed by atoms with Crippen LogP contribution < -0.4 is 0 Å². The van der Waals surface area contributed by atoms with Gasteiger partial charge in [-0.2, -0.15) is 0 Å². The van der Waals surface area contributed by atoms with E-state index >= 15 is 0 Å². The largest absolute Gasteiger partial charge is 0.335 e. The number of hydrogen-bond acceptors (Lipinski definition) is 2. The molecule has 0 aromatic heterocycles. The Labute approximate surface area is 164 Å². The number of rotatable bonds is 7. The maximum Gasteiger partial charge on any atom is 0.222 e. The van der Waals surface area contributed by atoms with Crippen LogP contribution in [0.3, 0.4) is 0 Å². The van der Waals surface area contributed by atoms with Crippen LogP contribution in [0.25, 0.3) is 0 Å². The molecule has 3 rings (SSSR count). The van der Waals surface area contributed by atoms with E-state index in [4.69, 9.17) is 0 Å². The van der Waals surface area contributed by atoms with Crippen LogP contribution in [0.15, 0.2) is 54.6 Å². The van der Waals surface area contributed by atoms with Crippen molar-refractivity contribution in [1.82, 2.24) is 9.80 Å². The van der Waals surface area contributed by atoms with Crippen molar-refractivity contribution >= 4 is 5.91 Å². The van der Waals surface area contributed by atoms with E-state index in [-0.39, 0.29) is 5.91 Å². The van der Waals surface area contributed by atoms with Gasteiger partial charge in [-0.05, 0) is 37.3 Å². The summed E-state index contributed by atoms with van der Waals surface area (Å²) in [6.45, 7) is 8.10. The fourth-order valence-electron chi connectivity index (χ4n) is 4.02. The summed E-state index contributed by atoms with van der Waals surface area (Å²) in [5, 5.41) is 0. The van der Waals surface area contributed by atoms with Crippen LogP contribution >= 0.6 is 0 Å². The van der Waals surface area contributed by atoms with Gasteiger partial charge in [0.15, 0.2) is 0 Å². The number of carbonyl (C=O) groups excluding carboxylic acids is 1. The minimum Gasteiger partial charge on any atom is -0.335 e. The molecule has 27 heavy (non-hydrogen) atoms. The molecule has 0 bridgehead atoms. The van der Waals surface area contributed by atoms with Crippen LogP contribution in [-0.2, 0) is 17.8 Å². The first-order valence-electron chi connectivity index (χ1n) is 10.3. The summed E-state index contributed by atoms with van der Waals surface area (Å²) in [4.78, 5) is 17.3. The lowest BCUT2D eigenvalue weighted by Crippen LogP contribution is -2.47. The van der Waals surface area contributed by atoms with Gasteiger partial charge in [0.05, 0.1) is 0 Å². The van der Waals surface area contributed by atoms with Gasteiger partial charge in [0.2, 0.25) is 5.91 Å². The molecular weight excluding hydrogens is 332 g/mol. The maximum atomic E-state index is 12.6.